The van der Waals surface area contributed by atoms with Gasteiger partial charge in [-0.3, -0.25) is 0 Å². The molecule has 1 fully saturated rings. The Morgan fingerprint density at radius 1 is 1.11 bits per heavy atom. The third-order valence-corrected chi connectivity index (χ3v) is 4.18. The quantitative estimate of drug-likeness (QED) is 0.708. The van der Waals surface area contributed by atoms with E-state index in [1.165, 1.54) is 38.5 Å². The van der Waals surface area contributed by atoms with Crippen LogP contribution in [0.2, 0.25) is 0 Å². The van der Waals surface area contributed by atoms with Crippen LogP contribution in [0.1, 0.15) is 66.2 Å². The summed E-state index contributed by atoms with van der Waals surface area (Å²) in [5.74, 6) is 1.42. The summed E-state index contributed by atoms with van der Waals surface area (Å²) in [7, 11) is 0. The Morgan fingerprint density at radius 3 is 2.28 bits per heavy atom. The maximum absolute atomic E-state index is 6.14. The molecule has 0 heterocycles. The van der Waals surface area contributed by atoms with E-state index in [0.29, 0.717) is 18.1 Å². The zero-order chi connectivity index (χ0) is 13.4. The molecule has 1 N–H and O–H groups in total. The molecule has 2 unspecified atom stereocenters. The Balaban J connectivity index is 2.64. The first kappa shape index (κ1) is 16.0. The van der Waals surface area contributed by atoms with Crippen molar-refractivity contribution in [2.24, 2.45) is 11.8 Å². The molecule has 0 radical (unpaired) electrons. The molecule has 0 aliphatic heterocycles. The van der Waals surface area contributed by atoms with Crippen LogP contribution in [0.5, 0.6) is 0 Å². The standard InChI is InChI=1S/C16H33NO/c1-5-12-17-15(13(3)4)16(18-6-2)14-10-8-7-9-11-14/h13-17H,5-12H2,1-4H3. The number of ether oxygens (including phenoxy) is 1. The van der Waals surface area contributed by atoms with E-state index in [-0.39, 0.29) is 0 Å². The average molecular weight is 255 g/mol. The SMILES string of the molecule is CCCNC(C(C)C)C(OCC)C1CCCCC1. The van der Waals surface area contributed by atoms with Crippen molar-refractivity contribution in [2.45, 2.75) is 78.4 Å². The lowest BCUT2D eigenvalue weighted by Crippen LogP contribution is -2.49. The fourth-order valence-electron chi connectivity index (χ4n) is 3.23. The number of nitrogens with one attached hydrogen (secondary N) is 1. The monoisotopic (exact) mass is 255 g/mol. The molecule has 0 spiro atoms. The van der Waals surface area contributed by atoms with Crippen molar-refractivity contribution in [3.63, 3.8) is 0 Å². The van der Waals surface area contributed by atoms with Crippen molar-refractivity contribution in [2.75, 3.05) is 13.2 Å². The minimum absolute atomic E-state index is 0.418. The highest BCUT2D eigenvalue weighted by molar-refractivity contribution is 4.86. The fraction of sp³-hybridized carbons (Fsp3) is 1.00. The van der Waals surface area contributed by atoms with Gasteiger partial charge in [-0.15, -0.1) is 0 Å². The zero-order valence-electron chi connectivity index (χ0n) is 12.9. The van der Waals surface area contributed by atoms with Crippen molar-refractivity contribution in [3.8, 4) is 0 Å². The highest BCUT2D eigenvalue weighted by Gasteiger charge is 2.32. The summed E-state index contributed by atoms with van der Waals surface area (Å²) in [6.07, 6.45) is 8.56. The van der Waals surface area contributed by atoms with Gasteiger partial charge < -0.3 is 10.1 Å². The van der Waals surface area contributed by atoms with Gasteiger partial charge in [-0.05, 0) is 44.6 Å². The van der Waals surface area contributed by atoms with E-state index in [4.69, 9.17) is 4.74 Å². The first-order valence-electron chi connectivity index (χ1n) is 8.05. The molecule has 0 aromatic carbocycles. The molecule has 1 saturated carbocycles. The average Bonchev–Trinajstić information content (AvgIpc) is 2.38. The molecular formula is C16H33NO. The van der Waals surface area contributed by atoms with Crippen LogP contribution in [0.4, 0.5) is 0 Å². The topological polar surface area (TPSA) is 21.3 Å². The molecule has 1 rings (SSSR count). The largest absolute Gasteiger partial charge is 0.377 e. The van der Waals surface area contributed by atoms with Gasteiger partial charge >= 0.3 is 0 Å². The fourth-order valence-corrected chi connectivity index (χ4v) is 3.23. The summed E-state index contributed by atoms with van der Waals surface area (Å²) in [4.78, 5) is 0. The molecule has 2 nitrogen and oxygen atoms in total. The van der Waals surface area contributed by atoms with Gasteiger partial charge in [0.25, 0.3) is 0 Å². The van der Waals surface area contributed by atoms with Crippen molar-refractivity contribution in [1.82, 2.24) is 5.32 Å². The molecule has 2 atom stereocenters. The predicted octanol–water partition coefficient (Wildman–Crippen LogP) is 4.00. The third kappa shape index (κ3) is 4.89. The van der Waals surface area contributed by atoms with Gasteiger partial charge in [0.15, 0.2) is 0 Å². The third-order valence-electron chi connectivity index (χ3n) is 4.18. The second-order valence-electron chi connectivity index (χ2n) is 6.04. The van der Waals surface area contributed by atoms with E-state index in [1.807, 2.05) is 0 Å². The van der Waals surface area contributed by atoms with Crippen LogP contribution in [0.15, 0.2) is 0 Å². The van der Waals surface area contributed by atoms with Crippen LogP contribution >= 0.6 is 0 Å². The van der Waals surface area contributed by atoms with E-state index < -0.39 is 0 Å². The van der Waals surface area contributed by atoms with Crippen molar-refractivity contribution < 1.29 is 4.74 Å². The summed E-state index contributed by atoms with van der Waals surface area (Å²) in [6.45, 7) is 11.0. The summed E-state index contributed by atoms with van der Waals surface area (Å²) >= 11 is 0. The molecular weight excluding hydrogens is 222 g/mol. The Hall–Kier alpha value is -0.0800. The molecule has 1 aliphatic carbocycles. The normalized spacial score (nSPS) is 21.2. The number of hydrogen-bond donors (Lipinski definition) is 1. The maximum Gasteiger partial charge on any atom is 0.0758 e. The first-order valence-corrected chi connectivity index (χ1v) is 8.05. The minimum atomic E-state index is 0.418. The van der Waals surface area contributed by atoms with E-state index in [1.54, 1.807) is 0 Å². The van der Waals surface area contributed by atoms with Crippen LogP contribution in [0.25, 0.3) is 0 Å². The Bertz CT molecular complexity index is 199. The van der Waals surface area contributed by atoms with Gasteiger partial charge in [-0.1, -0.05) is 40.0 Å². The van der Waals surface area contributed by atoms with Crippen molar-refractivity contribution in [3.05, 3.63) is 0 Å². The lowest BCUT2D eigenvalue weighted by molar-refractivity contribution is -0.0277. The maximum atomic E-state index is 6.14. The van der Waals surface area contributed by atoms with Crippen LogP contribution in [-0.2, 0) is 4.74 Å². The van der Waals surface area contributed by atoms with E-state index in [0.717, 1.165) is 19.1 Å². The van der Waals surface area contributed by atoms with Gasteiger partial charge in [0, 0.05) is 12.6 Å². The summed E-state index contributed by atoms with van der Waals surface area (Å²) in [5, 5.41) is 3.73. The lowest BCUT2D eigenvalue weighted by atomic mass is 9.80. The Labute approximate surface area is 114 Å². The molecule has 1 aliphatic rings. The van der Waals surface area contributed by atoms with Gasteiger partial charge in [-0.2, -0.15) is 0 Å². The highest BCUT2D eigenvalue weighted by Crippen LogP contribution is 2.31. The van der Waals surface area contributed by atoms with E-state index in [2.05, 4.69) is 33.0 Å². The molecule has 18 heavy (non-hydrogen) atoms. The van der Waals surface area contributed by atoms with Gasteiger partial charge in [0.05, 0.1) is 6.10 Å². The molecule has 2 heteroatoms. The predicted molar refractivity (Wildman–Crippen MR) is 78.9 cm³/mol. The molecule has 0 amide bonds. The van der Waals surface area contributed by atoms with Crippen LogP contribution in [0.3, 0.4) is 0 Å². The first-order chi connectivity index (χ1) is 8.70. The summed E-state index contributed by atoms with van der Waals surface area (Å²) < 4.78 is 6.14. The van der Waals surface area contributed by atoms with Crippen LogP contribution < -0.4 is 5.32 Å². The van der Waals surface area contributed by atoms with Gasteiger partial charge in [0.2, 0.25) is 0 Å². The number of rotatable bonds is 8. The van der Waals surface area contributed by atoms with E-state index >= 15 is 0 Å². The zero-order valence-corrected chi connectivity index (χ0v) is 12.9. The smallest absolute Gasteiger partial charge is 0.0758 e. The van der Waals surface area contributed by atoms with Crippen LogP contribution in [0, 0.1) is 11.8 Å². The molecule has 0 aromatic heterocycles. The molecule has 0 bridgehead atoms. The summed E-state index contributed by atoms with van der Waals surface area (Å²) in [6, 6.07) is 0.521. The molecule has 0 saturated heterocycles. The van der Waals surface area contributed by atoms with Crippen molar-refractivity contribution >= 4 is 0 Å². The Kier molecular flexibility index (Phi) is 7.92. The Morgan fingerprint density at radius 2 is 1.78 bits per heavy atom. The minimum Gasteiger partial charge on any atom is -0.377 e. The molecule has 0 aromatic rings. The highest BCUT2D eigenvalue weighted by atomic mass is 16.5. The van der Waals surface area contributed by atoms with Crippen LogP contribution in [-0.4, -0.2) is 25.3 Å². The number of hydrogen-bond acceptors (Lipinski definition) is 2. The van der Waals surface area contributed by atoms with E-state index in [9.17, 15) is 0 Å². The van der Waals surface area contributed by atoms with Gasteiger partial charge in [0.1, 0.15) is 0 Å². The van der Waals surface area contributed by atoms with Crippen molar-refractivity contribution in [1.29, 1.82) is 0 Å². The lowest BCUT2D eigenvalue weighted by Gasteiger charge is -2.38. The van der Waals surface area contributed by atoms with Gasteiger partial charge in [-0.25, -0.2) is 0 Å². The second-order valence-corrected chi connectivity index (χ2v) is 6.04. The summed E-state index contributed by atoms with van der Waals surface area (Å²) in [5.41, 5.74) is 0. The molecule has 108 valence electrons. The second kappa shape index (κ2) is 8.92.